The lowest BCUT2D eigenvalue weighted by Gasteiger charge is -2.42. The fraction of sp³-hybridized carbons (Fsp3) is 0.579. The van der Waals surface area contributed by atoms with Crippen molar-refractivity contribution in [2.75, 3.05) is 26.7 Å². The maximum absolute atomic E-state index is 13.1. The zero-order valence-electron chi connectivity index (χ0n) is 15.4. The molecule has 2 saturated heterocycles. The fourth-order valence-electron chi connectivity index (χ4n) is 3.99. The van der Waals surface area contributed by atoms with E-state index in [1.807, 2.05) is 6.92 Å². The van der Waals surface area contributed by atoms with Gasteiger partial charge in [-0.2, -0.15) is 13.2 Å². The zero-order valence-corrected chi connectivity index (χ0v) is 15.4. The van der Waals surface area contributed by atoms with Gasteiger partial charge in [-0.1, -0.05) is 12.1 Å². The number of likely N-dealkylation sites (tertiary alicyclic amines) is 1. The van der Waals surface area contributed by atoms with Crippen LogP contribution in [-0.2, 0) is 15.8 Å². The number of alkyl halides is 3. The van der Waals surface area contributed by atoms with E-state index in [2.05, 4.69) is 5.32 Å². The number of nitrogens with zero attached hydrogens (tertiary/aromatic N) is 2. The van der Waals surface area contributed by atoms with Gasteiger partial charge in [-0.15, -0.1) is 0 Å². The van der Waals surface area contributed by atoms with Crippen LogP contribution in [0, 0.1) is 5.92 Å². The molecule has 8 heteroatoms. The topological polar surface area (TPSA) is 52.7 Å². The molecule has 1 aromatic carbocycles. The Morgan fingerprint density at radius 1 is 1.22 bits per heavy atom. The molecule has 3 atom stereocenters. The van der Waals surface area contributed by atoms with E-state index < -0.39 is 23.7 Å². The Morgan fingerprint density at radius 2 is 1.89 bits per heavy atom. The third-order valence-corrected chi connectivity index (χ3v) is 5.44. The van der Waals surface area contributed by atoms with Crippen molar-refractivity contribution in [2.45, 2.75) is 38.0 Å². The molecule has 2 aliphatic rings. The lowest BCUT2D eigenvalue weighted by molar-refractivity contribution is -0.147. The molecular formula is C19H24F3N3O2. The van der Waals surface area contributed by atoms with Gasteiger partial charge in [0.2, 0.25) is 11.8 Å². The minimum Gasteiger partial charge on any atom is -0.340 e. The highest BCUT2D eigenvalue weighted by Gasteiger charge is 2.41. The van der Waals surface area contributed by atoms with Gasteiger partial charge in [-0.25, -0.2) is 0 Å². The van der Waals surface area contributed by atoms with Crippen molar-refractivity contribution >= 4 is 11.8 Å². The molecule has 0 saturated carbocycles. The van der Waals surface area contributed by atoms with Gasteiger partial charge in [-0.3, -0.25) is 9.59 Å². The van der Waals surface area contributed by atoms with E-state index in [9.17, 15) is 22.8 Å². The zero-order chi connectivity index (χ0) is 19.8. The Labute approximate surface area is 156 Å². The molecule has 0 aliphatic carbocycles. The number of benzene rings is 1. The Hall–Kier alpha value is -2.09. The lowest BCUT2D eigenvalue weighted by Crippen LogP contribution is -2.55. The van der Waals surface area contributed by atoms with E-state index in [1.165, 1.54) is 17.0 Å². The van der Waals surface area contributed by atoms with Gasteiger partial charge in [0.05, 0.1) is 17.5 Å². The van der Waals surface area contributed by atoms with Crippen LogP contribution in [-0.4, -0.2) is 54.3 Å². The second kappa shape index (κ2) is 7.50. The van der Waals surface area contributed by atoms with Crippen molar-refractivity contribution < 1.29 is 22.8 Å². The highest BCUT2D eigenvalue weighted by Crippen LogP contribution is 2.38. The number of piperazine rings is 1. The number of piperidine rings is 1. The predicted octanol–water partition coefficient (Wildman–Crippen LogP) is 2.44. The summed E-state index contributed by atoms with van der Waals surface area (Å²) < 4.78 is 38.6. The van der Waals surface area contributed by atoms with E-state index in [0.717, 1.165) is 12.1 Å². The second-order valence-corrected chi connectivity index (χ2v) is 7.35. The molecule has 3 rings (SSSR count). The summed E-state index contributed by atoms with van der Waals surface area (Å²) in [4.78, 5) is 28.7. The lowest BCUT2D eigenvalue weighted by atomic mass is 9.83. The first-order valence-corrected chi connectivity index (χ1v) is 9.13. The molecule has 0 aromatic heterocycles. The first kappa shape index (κ1) is 19.7. The van der Waals surface area contributed by atoms with Crippen molar-refractivity contribution in [1.82, 2.24) is 15.1 Å². The van der Waals surface area contributed by atoms with Gasteiger partial charge in [0.15, 0.2) is 0 Å². The quantitative estimate of drug-likeness (QED) is 0.854. The van der Waals surface area contributed by atoms with Gasteiger partial charge in [0, 0.05) is 39.1 Å². The van der Waals surface area contributed by atoms with Crippen LogP contribution in [0.25, 0.3) is 0 Å². The third kappa shape index (κ3) is 4.10. The van der Waals surface area contributed by atoms with Crippen LogP contribution in [0.5, 0.6) is 0 Å². The minimum atomic E-state index is -4.42. The SMILES string of the molecule is C[C@@H]1CN(C(=O)[C@H]2CCC(=O)N(C)[C@@H]2c2ccc(C(F)(F)F)cc2)CCN1. The van der Waals surface area contributed by atoms with Crippen LogP contribution >= 0.6 is 0 Å². The number of carbonyl (C=O) groups excluding carboxylic acids is 2. The predicted molar refractivity (Wildman–Crippen MR) is 93.7 cm³/mol. The standard InChI is InChI=1S/C19H24F3N3O2/c1-12-11-25(10-9-23-12)18(27)15-7-8-16(26)24(2)17(15)13-3-5-14(6-4-13)19(20,21)22/h3-6,12,15,17,23H,7-11H2,1-2H3/t12-,15+,17-/m1/s1. The molecule has 148 valence electrons. The van der Waals surface area contributed by atoms with Gasteiger partial charge >= 0.3 is 6.18 Å². The summed E-state index contributed by atoms with van der Waals surface area (Å²) >= 11 is 0. The first-order chi connectivity index (χ1) is 12.7. The number of hydrogen-bond acceptors (Lipinski definition) is 3. The normalized spacial score (nSPS) is 27.0. The van der Waals surface area contributed by atoms with Crippen molar-refractivity contribution in [3.8, 4) is 0 Å². The smallest absolute Gasteiger partial charge is 0.340 e. The van der Waals surface area contributed by atoms with Crippen LogP contribution in [0.4, 0.5) is 13.2 Å². The van der Waals surface area contributed by atoms with E-state index in [0.29, 0.717) is 31.6 Å². The van der Waals surface area contributed by atoms with Gasteiger partial charge in [-0.05, 0) is 31.0 Å². The summed E-state index contributed by atoms with van der Waals surface area (Å²) in [6.45, 7) is 3.90. The van der Waals surface area contributed by atoms with Crippen LogP contribution in [0.1, 0.15) is 36.9 Å². The number of amides is 2. The average Bonchev–Trinajstić information content (AvgIpc) is 2.62. The summed E-state index contributed by atoms with van der Waals surface area (Å²) in [5, 5.41) is 3.28. The maximum atomic E-state index is 13.1. The minimum absolute atomic E-state index is 0.0346. The number of nitrogens with one attached hydrogen (secondary N) is 1. The number of rotatable bonds is 2. The number of halogens is 3. The molecule has 2 heterocycles. The van der Waals surface area contributed by atoms with E-state index in [4.69, 9.17) is 0 Å². The van der Waals surface area contributed by atoms with E-state index in [1.54, 1.807) is 11.9 Å². The van der Waals surface area contributed by atoms with Crippen LogP contribution in [0.15, 0.2) is 24.3 Å². The molecule has 0 radical (unpaired) electrons. The van der Waals surface area contributed by atoms with Gasteiger partial charge < -0.3 is 15.1 Å². The van der Waals surface area contributed by atoms with E-state index >= 15 is 0 Å². The van der Waals surface area contributed by atoms with Gasteiger partial charge in [0.25, 0.3) is 0 Å². The van der Waals surface area contributed by atoms with Crippen molar-refractivity contribution in [1.29, 1.82) is 0 Å². The van der Waals surface area contributed by atoms with Crippen LogP contribution < -0.4 is 5.32 Å². The second-order valence-electron chi connectivity index (χ2n) is 7.35. The van der Waals surface area contributed by atoms with Crippen LogP contribution in [0.3, 0.4) is 0 Å². The Bertz CT molecular complexity index is 705. The molecule has 27 heavy (non-hydrogen) atoms. The average molecular weight is 383 g/mol. The number of hydrogen-bond donors (Lipinski definition) is 1. The molecule has 0 unspecified atom stereocenters. The number of carbonyl (C=O) groups is 2. The Morgan fingerprint density at radius 3 is 2.48 bits per heavy atom. The maximum Gasteiger partial charge on any atom is 0.416 e. The van der Waals surface area contributed by atoms with Crippen molar-refractivity contribution in [3.05, 3.63) is 35.4 Å². The molecule has 5 nitrogen and oxygen atoms in total. The molecule has 2 amide bonds. The molecule has 1 aromatic rings. The molecular weight excluding hydrogens is 359 g/mol. The van der Waals surface area contributed by atoms with Crippen molar-refractivity contribution in [2.24, 2.45) is 5.92 Å². The largest absolute Gasteiger partial charge is 0.416 e. The first-order valence-electron chi connectivity index (χ1n) is 9.13. The highest BCUT2D eigenvalue weighted by molar-refractivity contribution is 5.85. The monoisotopic (exact) mass is 383 g/mol. The highest BCUT2D eigenvalue weighted by atomic mass is 19.4. The summed E-state index contributed by atoms with van der Waals surface area (Å²) in [5.74, 6) is -0.583. The van der Waals surface area contributed by atoms with E-state index in [-0.39, 0.29) is 24.3 Å². The molecule has 2 aliphatic heterocycles. The summed E-state index contributed by atoms with van der Waals surface area (Å²) in [5.41, 5.74) is -0.185. The fourth-order valence-corrected chi connectivity index (χ4v) is 3.99. The molecule has 1 N–H and O–H groups in total. The summed E-state index contributed by atoms with van der Waals surface area (Å²) in [6.07, 6.45) is -3.74. The Balaban J connectivity index is 1.88. The van der Waals surface area contributed by atoms with Gasteiger partial charge in [0.1, 0.15) is 0 Å². The summed E-state index contributed by atoms with van der Waals surface area (Å²) in [6, 6.07) is 4.42. The molecule has 0 bridgehead atoms. The van der Waals surface area contributed by atoms with Crippen molar-refractivity contribution in [3.63, 3.8) is 0 Å². The van der Waals surface area contributed by atoms with Crippen LogP contribution in [0.2, 0.25) is 0 Å². The summed E-state index contributed by atoms with van der Waals surface area (Å²) in [7, 11) is 1.62. The molecule has 2 fully saturated rings. The third-order valence-electron chi connectivity index (χ3n) is 5.44. The Kier molecular flexibility index (Phi) is 5.46. The molecule has 0 spiro atoms.